The minimum atomic E-state index is -0.0914. The number of hydrogen-bond acceptors (Lipinski definition) is 2. The Bertz CT molecular complexity index is 444. The van der Waals surface area contributed by atoms with Crippen molar-refractivity contribution in [3.05, 3.63) is 47.8 Å². The molecule has 0 radical (unpaired) electrons. The van der Waals surface area contributed by atoms with E-state index in [2.05, 4.69) is 30.1 Å². The van der Waals surface area contributed by atoms with Gasteiger partial charge in [0.05, 0.1) is 0 Å². The highest BCUT2D eigenvalue weighted by atomic mass is 15.1. The van der Waals surface area contributed by atoms with Crippen molar-refractivity contribution in [2.45, 2.75) is 19.3 Å². The zero-order chi connectivity index (χ0) is 10.9. The van der Waals surface area contributed by atoms with Crippen LogP contribution in [0.3, 0.4) is 0 Å². The second-order valence-electron chi connectivity index (χ2n) is 4.22. The van der Waals surface area contributed by atoms with E-state index in [1.165, 1.54) is 5.56 Å². The minimum Gasteiger partial charge on any atom is -0.399 e. The third-order valence-corrected chi connectivity index (χ3v) is 2.78. The first-order chi connectivity index (χ1) is 7.10. The molecule has 15 heavy (non-hydrogen) atoms. The van der Waals surface area contributed by atoms with Crippen LogP contribution in [0, 0.1) is 0 Å². The lowest BCUT2D eigenvalue weighted by Crippen LogP contribution is -2.19. The molecule has 0 aliphatic heterocycles. The van der Waals surface area contributed by atoms with Gasteiger partial charge in [-0.15, -0.1) is 0 Å². The number of rotatable bonds is 2. The van der Waals surface area contributed by atoms with E-state index >= 15 is 0 Å². The van der Waals surface area contributed by atoms with E-state index < -0.39 is 0 Å². The fourth-order valence-electron chi connectivity index (χ4n) is 1.69. The summed E-state index contributed by atoms with van der Waals surface area (Å²) in [7, 11) is 0. The van der Waals surface area contributed by atoms with Crippen LogP contribution in [-0.4, -0.2) is 10.2 Å². The Balaban J connectivity index is 2.46. The molecule has 0 spiro atoms. The molecule has 0 unspecified atom stereocenters. The largest absolute Gasteiger partial charge is 0.399 e. The molecular weight excluding hydrogens is 186 g/mol. The molecule has 2 rings (SSSR count). The van der Waals surface area contributed by atoms with E-state index in [1.807, 2.05) is 24.3 Å². The zero-order valence-electron chi connectivity index (χ0n) is 8.99. The quantitative estimate of drug-likeness (QED) is 0.732. The number of hydrogen-bond donors (Lipinski definition) is 2. The van der Waals surface area contributed by atoms with Crippen LogP contribution >= 0.6 is 0 Å². The van der Waals surface area contributed by atoms with Gasteiger partial charge in [0.1, 0.15) is 0 Å². The molecule has 1 aromatic carbocycles. The van der Waals surface area contributed by atoms with Crippen molar-refractivity contribution >= 4 is 5.69 Å². The standard InChI is InChI=1S/C12H15N3/c1-12(2,11-6-7-14-15-11)9-4-3-5-10(13)8-9/h3-8H,13H2,1-2H3,(H,14,15). The monoisotopic (exact) mass is 201 g/mol. The number of aromatic nitrogens is 2. The summed E-state index contributed by atoms with van der Waals surface area (Å²) in [6.07, 6.45) is 1.77. The Hall–Kier alpha value is -1.77. The lowest BCUT2D eigenvalue weighted by atomic mass is 9.81. The lowest BCUT2D eigenvalue weighted by molar-refractivity contribution is 0.614. The van der Waals surface area contributed by atoms with E-state index in [4.69, 9.17) is 5.73 Å². The Kier molecular flexibility index (Phi) is 2.23. The summed E-state index contributed by atoms with van der Waals surface area (Å²) in [5.41, 5.74) is 8.76. The number of benzene rings is 1. The van der Waals surface area contributed by atoms with E-state index in [0.717, 1.165) is 11.4 Å². The van der Waals surface area contributed by atoms with Crippen LogP contribution in [0.2, 0.25) is 0 Å². The molecule has 0 bridgehead atoms. The van der Waals surface area contributed by atoms with E-state index in [1.54, 1.807) is 6.20 Å². The summed E-state index contributed by atoms with van der Waals surface area (Å²) >= 11 is 0. The highest BCUT2D eigenvalue weighted by Crippen LogP contribution is 2.30. The van der Waals surface area contributed by atoms with Gasteiger partial charge >= 0.3 is 0 Å². The summed E-state index contributed by atoms with van der Waals surface area (Å²) in [5.74, 6) is 0. The summed E-state index contributed by atoms with van der Waals surface area (Å²) in [4.78, 5) is 0. The van der Waals surface area contributed by atoms with Gasteiger partial charge in [0, 0.05) is 23.0 Å². The molecule has 0 saturated heterocycles. The van der Waals surface area contributed by atoms with Crippen molar-refractivity contribution in [1.29, 1.82) is 0 Å². The van der Waals surface area contributed by atoms with Gasteiger partial charge in [0.2, 0.25) is 0 Å². The van der Waals surface area contributed by atoms with Gasteiger partial charge in [-0.25, -0.2) is 0 Å². The first-order valence-corrected chi connectivity index (χ1v) is 4.96. The van der Waals surface area contributed by atoms with Gasteiger partial charge < -0.3 is 5.73 Å². The molecule has 0 aliphatic rings. The molecular formula is C12H15N3. The van der Waals surface area contributed by atoms with Crippen molar-refractivity contribution < 1.29 is 0 Å². The number of nitrogen functional groups attached to an aromatic ring is 1. The molecule has 0 aliphatic carbocycles. The minimum absolute atomic E-state index is 0.0914. The third kappa shape index (κ3) is 1.73. The first kappa shape index (κ1) is 9.77. The molecule has 2 aromatic rings. The predicted octanol–water partition coefficient (Wildman–Crippen LogP) is 2.32. The summed E-state index contributed by atoms with van der Waals surface area (Å²) in [6.45, 7) is 4.30. The zero-order valence-corrected chi connectivity index (χ0v) is 8.99. The molecule has 78 valence electrons. The third-order valence-electron chi connectivity index (χ3n) is 2.78. The second-order valence-corrected chi connectivity index (χ2v) is 4.22. The molecule has 1 heterocycles. The highest BCUT2D eigenvalue weighted by Gasteiger charge is 2.24. The van der Waals surface area contributed by atoms with Crippen LogP contribution < -0.4 is 5.73 Å². The Labute approximate surface area is 89.3 Å². The van der Waals surface area contributed by atoms with Gasteiger partial charge in [0.25, 0.3) is 0 Å². The van der Waals surface area contributed by atoms with E-state index in [9.17, 15) is 0 Å². The molecule has 3 heteroatoms. The van der Waals surface area contributed by atoms with Crippen molar-refractivity contribution in [3.8, 4) is 0 Å². The van der Waals surface area contributed by atoms with Gasteiger partial charge in [-0.05, 0) is 23.8 Å². The average molecular weight is 201 g/mol. The van der Waals surface area contributed by atoms with Crippen LogP contribution in [0.15, 0.2) is 36.5 Å². The van der Waals surface area contributed by atoms with Crippen LogP contribution in [0.1, 0.15) is 25.1 Å². The molecule has 0 amide bonds. The van der Waals surface area contributed by atoms with E-state index in [-0.39, 0.29) is 5.41 Å². The first-order valence-electron chi connectivity index (χ1n) is 4.96. The molecule has 1 aromatic heterocycles. The van der Waals surface area contributed by atoms with Crippen LogP contribution in [-0.2, 0) is 5.41 Å². The number of aromatic amines is 1. The molecule has 3 N–H and O–H groups in total. The van der Waals surface area contributed by atoms with Gasteiger partial charge in [-0.3, -0.25) is 5.10 Å². The van der Waals surface area contributed by atoms with Crippen LogP contribution in [0.5, 0.6) is 0 Å². The maximum absolute atomic E-state index is 5.78. The van der Waals surface area contributed by atoms with Crippen molar-refractivity contribution in [2.24, 2.45) is 0 Å². The fourth-order valence-corrected chi connectivity index (χ4v) is 1.69. The maximum atomic E-state index is 5.78. The highest BCUT2D eigenvalue weighted by molar-refractivity contribution is 5.45. The number of nitrogens with zero attached hydrogens (tertiary/aromatic N) is 1. The van der Waals surface area contributed by atoms with Gasteiger partial charge in [-0.2, -0.15) is 5.10 Å². The lowest BCUT2D eigenvalue weighted by Gasteiger charge is -2.23. The SMILES string of the molecule is CC(C)(c1cccc(N)c1)c1ccn[nH]1. The summed E-state index contributed by atoms with van der Waals surface area (Å²) in [5, 5.41) is 6.98. The van der Waals surface area contributed by atoms with Crippen molar-refractivity contribution in [2.75, 3.05) is 5.73 Å². The summed E-state index contributed by atoms with van der Waals surface area (Å²) in [6, 6.07) is 9.94. The predicted molar refractivity (Wildman–Crippen MR) is 61.6 cm³/mol. The van der Waals surface area contributed by atoms with Gasteiger partial charge in [0.15, 0.2) is 0 Å². The smallest absolute Gasteiger partial charge is 0.0490 e. The second kappa shape index (κ2) is 3.42. The summed E-state index contributed by atoms with van der Waals surface area (Å²) < 4.78 is 0. The van der Waals surface area contributed by atoms with Crippen LogP contribution in [0.4, 0.5) is 5.69 Å². The molecule has 3 nitrogen and oxygen atoms in total. The Morgan fingerprint density at radius 2 is 2.07 bits per heavy atom. The van der Waals surface area contributed by atoms with Crippen molar-refractivity contribution in [3.63, 3.8) is 0 Å². The van der Waals surface area contributed by atoms with E-state index in [0.29, 0.717) is 0 Å². The number of anilines is 1. The number of nitrogens with one attached hydrogen (secondary N) is 1. The molecule has 0 saturated carbocycles. The van der Waals surface area contributed by atoms with Crippen LogP contribution in [0.25, 0.3) is 0 Å². The Morgan fingerprint density at radius 1 is 1.27 bits per heavy atom. The number of H-pyrrole nitrogens is 1. The molecule has 0 atom stereocenters. The Morgan fingerprint density at radius 3 is 2.67 bits per heavy atom. The topological polar surface area (TPSA) is 54.7 Å². The fraction of sp³-hybridized carbons (Fsp3) is 0.250. The normalized spacial score (nSPS) is 11.6. The van der Waals surface area contributed by atoms with Gasteiger partial charge in [-0.1, -0.05) is 26.0 Å². The average Bonchev–Trinajstić information content (AvgIpc) is 2.71. The van der Waals surface area contributed by atoms with Crippen molar-refractivity contribution in [1.82, 2.24) is 10.2 Å². The number of nitrogens with two attached hydrogens (primary N) is 1. The maximum Gasteiger partial charge on any atom is 0.0490 e. The molecule has 0 fully saturated rings.